The van der Waals surface area contributed by atoms with E-state index >= 15 is 0 Å². The molecule has 0 fully saturated rings. The van der Waals surface area contributed by atoms with Gasteiger partial charge in [0.25, 0.3) is 5.91 Å². The first-order chi connectivity index (χ1) is 11.2. The van der Waals surface area contributed by atoms with Crippen LogP contribution in [-0.2, 0) is 0 Å². The van der Waals surface area contributed by atoms with Gasteiger partial charge in [-0.25, -0.2) is 9.97 Å². The molecule has 0 saturated heterocycles. The minimum atomic E-state index is -0.343. The average Bonchev–Trinajstić information content (AvgIpc) is 3.03. The number of benzene rings is 1. The second kappa shape index (κ2) is 6.76. The molecule has 3 rings (SSSR count). The van der Waals surface area contributed by atoms with Crippen LogP contribution in [0.5, 0.6) is 5.75 Å². The van der Waals surface area contributed by atoms with E-state index in [0.29, 0.717) is 10.7 Å². The maximum absolute atomic E-state index is 12.2. The van der Waals surface area contributed by atoms with Gasteiger partial charge in [-0.15, -0.1) is 11.3 Å². The Morgan fingerprint density at radius 1 is 1.26 bits per heavy atom. The number of hydrogen-bond donors (Lipinski definition) is 1. The predicted octanol–water partition coefficient (Wildman–Crippen LogP) is 4.12. The lowest BCUT2D eigenvalue weighted by Crippen LogP contribution is -2.12. The molecule has 5 nitrogen and oxygen atoms in total. The summed E-state index contributed by atoms with van der Waals surface area (Å²) in [7, 11) is 1.61. The van der Waals surface area contributed by atoms with Gasteiger partial charge in [-0.2, -0.15) is 0 Å². The Hall–Kier alpha value is -2.44. The van der Waals surface area contributed by atoms with Crippen molar-refractivity contribution in [1.82, 2.24) is 9.97 Å². The van der Waals surface area contributed by atoms with Crippen LogP contribution in [0.25, 0.3) is 11.3 Å². The molecule has 1 N–H and O–H groups in total. The average molecular weight is 346 g/mol. The van der Waals surface area contributed by atoms with Crippen LogP contribution in [0.2, 0.25) is 5.15 Å². The van der Waals surface area contributed by atoms with Crippen molar-refractivity contribution >= 4 is 34.0 Å². The van der Waals surface area contributed by atoms with Crippen molar-refractivity contribution < 1.29 is 9.53 Å². The Morgan fingerprint density at radius 3 is 2.87 bits per heavy atom. The summed E-state index contributed by atoms with van der Waals surface area (Å²) in [5.41, 5.74) is 1.91. The van der Waals surface area contributed by atoms with E-state index in [9.17, 15) is 4.79 Å². The van der Waals surface area contributed by atoms with Gasteiger partial charge in [0.2, 0.25) is 0 Å². The molecule has 0 aliphatic carbocycles. The second-order valence-corrected chi connectivity index (χ2v) is 5.75. The van der Waals surface area contributed by atoms with Gasteiger partial charge in [0, 0.05) is 17.1 Å². The minimum Gasteiger partial charge on any atom is -0.496 e. The molecular formula is C16H12ClN3O2S. The number of rotatable bonds is 4. The number of pyridine rings is 1. The largest absolute Gasteiger partial charge is 0.496 e. The molecule has 3 aromatic rings. The monoisotopic (exact) mass is 345 g/mol. The minimum absolute atomic E-state index is 0.159. The summed E-state index contributed by atoms with van der Waals surface area (Å²) in [5.74, 6) is 0.384. The number of carbonyl (C=O) groups is 1. The van der Waals surface area contributed by atoms with Crippen LogP contribution in [0.4, 0.5) is 5.13 Å². The summed E-state index contributed by atoms with van der Waals surface area (Å²) >= 11 is 7.25. The number of nitrogens with zero attached hydrogens (tertiary/aromatic N) is 2. The normalized spacial score (nSPS) is 10.3. The van der Waals surface area contributed by atoms with Crippen LogP contribution in [-0.4, -0.2) is 23.0 Å². The van der Waals surface area contributed by atoms with Crippen LogP contribution in [0.1, 0.15) is 10.4 Å². The highest BCUT2D eigenvalue weighted by molar-refractivity contribution is 7.14. The number of halogens is 1. The third kappa shape index (κ3) is 3.33. The van der Waals surface area contributed by atoms with Crippen molar-refractivity contribution in [2.45, 2.75) is 0 Å². The maximum atomic E-state index is 12.2. The molecule has 23 heavy (non-hydrogen) atoms. The van der Waals surface area contributed by atoms with E-state index in [1.807, 2.05) is 29.6 Å². The molecule has 1 amide bonds. The molecule has 1 aromatic carbocycles. The topological polar surface area (TPSA) is 64.1 Å². The van der Waals surface area contributed by atoms with Crippen LogP contribution in [0.3, 0.4) is 0 Å². The van der Waals surface area contributed by atoms with E-state index in [1.54, 1.807) is 19.2 Å². The molecule has 2 aromatic heterocycles. The maximum Gasteiger partial charge on any atom is 0.260 e. The van der Waals surface area contributed by atoms with Gasteiger partial charge in [-0.1, -0.05) is 23.7 Å². The summed E-state index contributed by atoms with van der Waals surface area (Å²) in [4.78, 5) is 20.5. The third-order valence-corrected chi connectivity index (χ3v) is 4.17. The number of thiazole rings is 1. The van der Waals surface area contributed by atoms with Gasteiger partial charge in [0.1, 0.15) is 10.9 Å². The lowest BCUT2D eigenvalue weighted by atomic mass is 10.1. The Kier molecular flexibility index (Phi) is 4.55. The predicted molar refractivity (Wildman–Crippen MR) is 91.3 cm³/mol. The van der Waals surface area contributed by atoms with Crippen molar-refractivity contribution in [3.63, 3.8) is 0 Å². The van der Waals surface area contributed by atoms with E-state index in [0.717, 1.165) is 17.0 Å². The Balaban J connectivity index is 1.83. The Bertz CT molecular complexity index is 851. The molecule has 0 bridgehead atoms. The highest BCUT2D eigenvalue weighted by atomic mass is 35.5. The Labute approximate surface area is 141 Å². The summed E-state index contributed by atoms with van der Waals surface area (Å²) in [6.07, 6.45) is 1.53. The summed E-state index contributed by atoms with van der Waals surface area (Å²) in [6.45, 7) is 0. The van der Waals surface area contributed by atoms with Crippen molar-refractivity contribution in [1.29, 1.82) is 0 Å². The van der Waals surface area contributed by atoms with Gasteiger partial charge in [-0.05, 0) is 24.3 Å². The highest BCUT2D eigenvalue weighted by Gasteiger charge is 2.14. The SMILES string of the molecule is COc1ccccc1-c1csc(NC(=O)c2cccnc2Cl)n1. The molecule has 0 spiro atoms. The fourth-order valence-corrected chi connectivity index (χ4v) is 2.94. The lowest BCUT2D eigenvalue weighted by molar-refractivity contribution is 0.102. The first kappa shape index (κ1) is 15.5. The number of nitrogens with one attached hydrogen (secondary N) is 1. The van der Waals surface area contributed by atoms with Gasteiger partial charge in [0.15, 0.2) is 5.13 Å². The van der Waals surface area contributed by atoms with Crippen LogP contribution in [0, 0.1) is 0 Å². The van der Waals surface area contributed by atoms with Crippen LogP contribution < -0.4 is 10.1 Å². The number of carbonyl (C=O) groups excluding carboxylic acids is 1. The molecule has 0 unspecified atom stereocenters. The van der Waals surface area contributed by atoms with Crippen LogP contribution in [0.15, 0.2) is 48.0 Å². The number of para-hydroxylation sites is 1. The summed E-state index contributed by atoms with van der Waals surface area (Å²) < 4.78 is 5.33. The highest BCUT2D eigenvalue weighted by Crippen LogP contribution is 2.32. The van der Waals surface area contributed by atoms with Crippen molar-refractivity contribution in [2.24, 2.45) is 0 Å². The fraction of sp³-hybridized carbons (Fsp3) is 0.0625. The number of ether oxygens (including phenoxy) is 1. The lowest BCUT2D eigenvalue weighted by Gasteiger charge is -2.05. The first-order valence-corrected chi connectivity index (χ1v) is 7.95. The van der Waals surface area contributed by atoms with E-state index < -0.39 is 0 Å². The molecule has 0 saturated carbocycles. The Morgan fingerprint density at radius 2 is 2.09 bits per heavy atom. The zero-order chi connectivity index (χ0) is 16.2. The molecule has 0 aliphatic rings. The number of hydrogen-bond acceptors (Lipinski definition) is 5. The molecule has 0 radical (unpaired) electrons. The standard InChI is InChI=1S/C16H12ClN3O2S/c1-22-13-7-3-2-5-10(13)12-9-23-16(19-12)20-15(21)11-6-4-8-18-14(11)17/h2-9H,1H3,(H,19,20,21). The first-order valence-electron chi connectivity index (χ1n) is 6.70. The van der Waals surface area contributed by atoms with Crippen molar-refractivity contribution in [3.05, 3.63) is 58.7 Å². The number of anilines is 1. The summed E-state index contributed by atoms with van der Waals surface area (Å²) in [5, 5.41) is 5.23. The van der Waals surface area contributed by atoms with Crippen molar-refractivity contribution in [2.75, 3.05) is 12.4 Å². The molecule has 0 atom stereocenters. The third-order valence-electron chi connectivity index (χ3n) is 3.11. The molecule has 116 valence electrons. The molecular weight excluding hydrogens is 334 g/mol. The number of aromatic nitrogens is 2. The van der Waals surface area contributed by atoms with E-state index in [4.69, 9.17) is 16.3 Å². The van der Waals surface area contributed by atoms with Gasteiger partial charge in [0.05, 0.1) is 18.4 Å². The molecule has 2 heterocycles. The zero-order valence-corrected chi connectivity index (χ0v) is 13.7. The summed E-state index contributed by atoms with van der Waals surface area (Å²) in [6, 6.07) is 10.8. The van der Waals surface area contributed by atoms with E-state index in [-0.39, 0.29) is 11.1 Å². The molecule has 7 heteroatoms. The van der Waals surface area contributed by atoms with Gasteiger partial charge >= 0.3 is 0 Å². The molecule has 0 aliphatic heterocycles. The van der Waals surface area contributed by atoms with E-state index in [2.05, 4.69) is 15.3 Å². The smallest absolute Gasteiger partial charge is 0.260 e. The number of methoxy groups -OCH3 is 1. The van der Waals surface area contributed by atoms with Gasteiger partial charge < -0.3 is 4.74 Å². The van der Waals surface area contributed by atoms with E-state index in [1.165, 1.54) is 17.5 Å². The number of amides is 1. The van der Waals surface area contributed by atoms with Crippen molar-refractivity contribution in [3.8, 4) is 17.0 Å². The zero-order valence-electron chi connectivity index (χ0n) is 12.1. The van der Waals surface area contributed by atoms with Gasteiger partial charge in [-0.3, -0.25) is 10.1 Å². The quantitative estimate of drug-likeness (QED) is 0.722. The fourth-order valence-electron chi connectivity index (χ4n) is 2.03. The second-order valence-electron chi connectivity index (χ2n) is 4.53. The van der Waals surface area contributed by atoms with Crippen LogP contribution >= 0.6 is 22.9 Å².